The number of carbonyl (C=O) groups is 1. The Morgan fingerprint density at radius 2 is 1.46 bits per heavy atom. The van der Waals surface area contributed by atoms with Gasteiger partial charge < -0.3 is 10.1 Å². The molecule has 1 amide bonds. The smallest absolute Gasteiger partial charge is 0.220 e. The van der Waals surface area contributed by atoms with Crippen molar-refractivity contribution in [2.24, 2.45) is 22.2 Å². The Kier molecular flexibility index (Phi) is 9.00. The van der Waals surface area contributed by atoms with Gasteiger partial charge in [-0.25, -0.2) is 0 Å². The summed E-state index contributed by atoms with van der Waals surface area (Å²) in [6.45, 7) is 23.3. The molecule has 0 aliphatic heterocycles. The fourth-order valence-corrected chi connectivity index (χ4v) is 3.81. The van der Waals surface area contributed by atoms with Crippen molar-refractivity contribution in [3.05, 3.63) is 0 Å². The number of rotatable bonds is 11. The Morgan fingerprint density at radius 3 is 1.92 bits per heavy atom. The van der Waals surface area contributed by atoms with Crippen LogP contribution in [0.25, 0.3) is 0 Å². The number of hydrogen-bond donors (Lipinski definition) is 1. The molecule has 0 aliphatic rings. The summed E-state index contributed by atoms with van der Waals surface area (Å²) >= 11 is 0. The summed E-state index contributed by atoms with van der Waals surface area (Å²) in [6.07, 6.45) is 2.90. The highest BCUT2D eigenvalue weighted by molar-refractivity contribution is 5.76. The molecule has 0 heterocycles. The summed E-state index contributed by atoms with van der Waals surface area (Å²) in [5.74, 6) is 0.813. The van der Waals surface area contributed by atoms with E-state index < -0.39 is 0 Å². The first kappa shape index (κ1) is 23.4. The lowest BCUT2D eigenvalue weighted by molar-refractivity contribution is -0.124. The van der Waals surface area contributed by atoms with Crippen molar-refractivity contribution < 1.29 is 9.53 Å². The van der Waals surface area contributed by atoms with E-state index in [1.54, 1.807) is 0 Å². The summed E-state index contributed by atoms with van der Waals surface area (Å²) in [6, 6.07) is 0. The van der Waals surface area contributed by atoms with Crippen molar-refractivity contribution in [3.63, 3.8) is 0 Å². The molecule has 0 rings (SSSR count). The van der Waals surface area contributed by atoms with Gasteiger partial charge in [0.05, 0.1) is 12.7 Å². The average Bonchev–Trinajstić information content (AvgIpc) is 2.31. The Hall–Kier alpha value is -0.570. The predicted octanol–water partition coefficient (Wildman–Crippen LogP) is 5.43. The fourth-order valence-electron chi connectivity index (χ4n) is 3.81. The average molecular weight is 342 g/mol. The summed E-state index contributed by atoms with van der Waals surface area (Å²) in [5.41, 5.74) is 0.194. The molecule has 0 aromatic carbocycles. The molecule has 0 unspecified atom stereocenters. The highest BCUT2D eigenvalue weighted by Gasteiger charge is 2.31. The van der Waals surface area contributed by atoms with Gasteiger partial charge in [0.2, 0.25) is 5.91 Å². The SMILES string of the molecule is CC(C)CC(C)(C)CNC(=O)CC(C)(C)CC(C)(C)COC(C)C. The minimum atomic E-state index is -0.0316. The van der Waals surface area contributed by atoms with Crippen molar-refractivity contribution >= 4 is 5.91 Å². The van der Waals surface area contributed by atoms with Crippen LogP contribution in [0.1, 0.15) is 88.5 Å². The van der Waals surface area contributed by atoms with E-state index in [9.17, 15) is 4.79 Å². The molecular formula is C21H43NO2. The second-order valence-corrected chi connectivity index (χ2v) is 10.6. The van der Waals surface area contributed by atoms with E-state index in [0.29, 0.717) is 12.3 Å². The van der Waals surface area contributed by atoms with Crippen LogP contribution < -0.4 is 5.32 Å². The molecule has 144 valence electrons. The molecular weight excluding hydrogens is 298 g/mol. The lowest BCUT2D eigenvalue weighted by atomic mass is 9.73. The molecule has 0 fully saturated rings. The first-order chi connectivity index (χ1) is 10.6. The van der Waals surface area contributed by atoms with Gasteiger partial charge in [-0.15, -0.1) is 0 Å². The summed E-state index contributed by atoms with van der Waals surface area (Å²) in [4.78, 5) is 12.4. The largest absolute Gasteiger partial charge is 0.378 e. The number of hydrogen-bond acceptors (Lipinski definition) is 2. The standard InChI is InChI=1S/C21H43NO2/c1-16(2)11-20(7,8)14-22-18(23)12-19(5,6)13-21(9,10)15-24-17(3)4/h16-17H,11-15H2,1-10H3,(H,22,23). The minimum Gasteiger partial charge on any atom is -0.378 e. The molecule has 0 radical (unpaired) electrons. The zero-order valence-electron chi connectivity index (χ0n) is 18.0. The number of carbonyl (C=O) groups excluding carboxylic acids is 1. The lowest BCUT2D eigenvalue weighted by Gasteiger charge is -2.35. The third kappa shape index (κ3) is 11.9. The molecule has 0 spiro atoms. The van der Waals surface area contributed by atoms with Crippen molar-refractivity contribution in [1.82, 2.24) is 5.32 Å². The van der Waals surface area contributed by atoms with Gasteiger partial charge in [0.25, 0.3) is 0 Å². The van der Waals surface area contributed by atoms with Gasteiger partial charge >= 0.3 is 0 Å². The molecule has 0 aromatic rings. The molecule has 3 heteroatoms. The maximum Gasteiger partial charge on any atom is 0.220 e. The van der Waals surface area contributed by atoms with Gasteiger partial charge in [0.15, 0.2) is 0 Å². The minimum absolute atomic E-state index is 0.0316. The number of nitrogens with one attached hydrogen (secondary N) is 1. The van der Waals surface area contributed by atoms with Gasteiger partial charge in [-0.3, -0.25) is 4.79 Å². The molecule has 0 aromatic heterocycles. The van der Waals surface area contributed by atoms with Gasteiger partial charge in [-0.1, -0.05) is 55.4 Å². The highest BCUT2D eigenvalue weighted by Crippen LogP contribution is 2.36. The van der Waals surface area contributed by atoms with E-state index in [-0.39, 0.29) is 28.3 Å². The maximum atomic E-state index is 12.4. The van der Waals surface area contributed by atoms with Gasteiger partial charge in [-0.05, 0) is 48.9 Å². The van der Waals surface area contributed by atoms with Crippen LogP contribution in [0, 0.1) is 22.2 Å². The van der Waals surface area contributed by atoms with Crippen LogP contribution in [0.2, 0.25) is 0 Å². The summed E-state index contributed by atoms with van der Waals surface area (Å²) < 4.78 is 5.79. The molecule has 24 heavy (non-hydrogen) atoms. The Bertz CT molecular complexity index is 381. The zero-order valence-corrected chi connectivity index (χ0v) is 18.0. The van der Waals surface area contributed by atoms with Crippen molar-refractivity contribution in [2.45, 2.75) is 94.6 Å². The van der Waals surface area contributed by atoms with Crippen molar-refractivity contribution in [1.29, 1.82) is 0 Å². The van der Waals surface area contributed by atoms with Crippen LogP contribution in [-0.2, 0) is 9.53 Å². The van der Waals surface area contributed by atoms with E-state index in [2.05, 4.69) is 74.6 Å². The van der Waals surface area contributed by atoms with Crippen LogP contribution >= 0.6 is 0 Å². The summed E-state index contributed by atoms with van der Waals surface area (Å²) in [5, 5.41) is 3.15. The topological polar surface area (TPSA) is 38.3 Å². The Labute approximate surface area is 151 Å². The first-order valence-electron chi connectivity index (χ1n) is 9.52. The molecule has 0 atom stereocenters. The highest BCUT2D eigenvalue weighted by atomic mass is 16.5. The first-order valence-corrected chi connectivity index (χ1v) is 9.52. The molecule has 1 N–H and O–H groups in total. The van der Waals surface area contributed by atoms with Crippen LogP contribution in [-0.4, -0.2) is 25.2 Å². The Balaban J connectivity index is 4.45. The zero-order chi connectivity index (χ0) is 19.2. The van der Waals surface area contributed by atoms with Crippen LogP contribution in [0.15, 0.2) is 0 Å². The predicted molar refractivity (Wildman–Crippen MR) is 104 cm³/mol. The van der Waals surface area contributed by atoms with Gasteiger partial charge in [0, 0.05) is 13.0 Å². The molecule has 0 saturated carbocycles. The van der Waals surface area contributed by atoms with E-state index in [1.807, 2.05) is 0 Å². The summed E-state index contributed by atoms with van der Waals surface area (Å²) in [7, 11) is 0. The Morgan fingerprint density at radius 1 is 0.917 bits per heavy atom. The molecule has 3 nitrogen and oxygen atoms in total. The van der Waals surface area contributed by atoms with E-state index in [1.165, 1.54) is 0 Å². The van der Waals surface area contributed by atoms with Crippen molar-refractivity contribution in [3.8, 4) is 0 Å². The third-order valence-corrected chi connectivity index (χ3v) is 4.13. The number of ether oxygens (including phenoxy) is 1. The number of amides is 1. The quantitative estimate of drug-likeness (QED) is 0.544. The lowest BCUT2D eigenvalue weighted by Crippen LogP contribution is -2.38. The fraction of sp³-hybridized carbons (Fsp3) is 0.952. The maximum absolute atomic E-state index is 12.4. The van der Waals surface area contributed by atoms with E-state index >= 15 is 0 Å². The van der Waals surface area contributed by atoms with E-state index in [0.717, 1.165) is 26.0 Å². The van der Waals surface area contributed by atoms with Crippen LogP contribution in [0.5, 0.6) is 0 Å². The third-order valence-electron chi connectivity index (χ3n) is 4.13. The normalized spacial score (nSPS) is 13.7. The van der Waals surface area contributed by atoms with Gasteiger partial charge in [0.1, 0.15) is 0 Å². The van der Waals surface area contributed by atoms with Gasteiger partial charge in [-0.2, -0.15) is 0 Å². The second kappa shape index (κ2) is 9.22. The second-order valence-electron chi connectivity index (χ2n) is 10.6. The van der Waals surface area contributed by atoms with E-state index in [4.69, 9.17) is 4.74 Å². The van der Waals surface area contributed by atoms with Crippen molar-refractivity contribution in [2.75, 3.05) is 13.2 Å². The molecule has 0 saturated heterocycles. The molecule has 0 aliphatic carbocycles. The van der Waals surface area contributed by atoms with Crippen LogP contribution in [0.4, 0.5) is 0 Å². The molecule has 0 bridgehead atoms. The monoisotopic (exact) mass is 341 g/mol. The van der Waals surface area contributed by atoms with Crippen LogP contribution in [0.3, 0.4) is 0 Å².